The summed E-state index contributed by atoms with van der Waals surface area (Å²) in [7, 11) is 0. The maximum absolute atomic E-state index is 11.6. The van der Waals surface area contributed by atoms with Crippen LogP contribution >= 0.6 is 22.9 Å². The van der Waals surface area contributed by atoms with Crippen LogP contribution < -0.4 is 4.74 Å². The number of rotatable bonds is 4. The predicted octanol–water partition coefficient (Wildman–Crippen LogP) is 3.83. The zero-order valence-corrected chi connectivity index (χ0v) is 12.2. The molecule has 0 fully saturated rings. The molecule has 20 heavy (non-hydrogen) atoms. The number of thiazole rings is 1. The molecule has 3 rings (SSSR count). The maximum Gasteiger partial charge on any atom is 0.193 e. The van der Waals surface area contributed by atoms with Crippen LogP contribution in [0.1, 0.15) is 23.0 Å². The lowest BCUT2D eigenvalue weighted by atomic mass is 10.1. The van der Waals surface area contributed by atoms with Gasteiger partial charge in [-0.3, -0.25) is 9.20 Å². The van der Waals surface area contributed by atoms with Gasteiger partial charge in [0.15, 0.2) is 10.7 Å². The van der Waals surface area contributed by atoms with Gasteiger partial charge in [0, 0.05) is 22.8 Å². The van der Waals surface area contributed by atoms with E-state index in [0.717, 1.165) is 10.7 Å². The molecule has 0 bridgehead atoms. The number of Topliss-reactive ketones (excluding diaryl/α,β-unsaturated/α-hetero) is 1. The molecule has 0 radical (unpaired) electrons. The monoisotopic (exact) mass is 306 g/mol. The summed E-state index contributed by atoms with van der Waals surface area (Å²) < 4.78 is 7.63. The lowest BCUT2D eigenvalue weighted by molar-refractivity contribution is 0.101. The molecule has 0 saturated heterocycles. The molecule has 0 spiro atoms. The smallest absolute Gasteiger partial charge is 0.193 e. The van der Waals surface area contributed by atoms with E-state index in [4.69, 9.17) is 16.3 Å². The molecule has 0 amide bonds. The SMILES string of the molecule is CC(=O)c1cc(Cl)ccc1OCc1cn2ccsc2n1. The van der Waals surface area contributed by atoms with E-state index >= 15 is 0 Å². The Morgan fingerprint density at radius 3 is 3.10 bits per heavy atom. The van der Waals surface area contributed by atoms with Gasteiger partial charge in [-0.2, -0.15) is 0 Å². The Labute approximate surface area is 124 Å². The van der Waals surface area contributed by atoms with Crippen molar-refractivity contribution in [1.29, 1.82) is 0 Å². The fourth-order valence-electron chi connectivity index (χ4n) is 1.90. The fraction of sp³-hybridized carbons (Fsp3) is 0.143. The molecule has 1 aromatic carbocycles. The Morgan fingerprint density at radius 2 is 2.35 bits per heavy atom. The van der Waals surface area contributed by atoms with Crippen molar-refractivity contribution in [3.05, 3.63) is 52.3 Å². The zero-order valence-electron chi connectivity index (χ0n) is 10.7. The van der Waals surface area contributed by atoms with E-state index in [-0.39, 0.29) is 5.78 Å². The molecule has 0 aliphatic heterocycles. The number of carbonyl (C=O) groups is 1. The van der Waals surface area contributed by atoms with Gasteiger partial charge in [0.05, 0.1) is 11.3 Å². The number of nitrogens with zero attached hydrogens (tertiary/aromatic N) is 2. The highest BCUT2D eigenvalue weighted by atomic mass is 35.5. The molecular formula is C14H11ClN2O2S. The lowest BCUT2D eigenvalue weighted by Gasteiger charge is -2.08. The predicted molar refractivity (Wildman–Crippen MR) is 78.9 cm³/mol. The first-order chi connectivity index (χ1) is 9.63. The normalized spacial score (nSPS) is 10.9. The van der Waals surface area contributed by atoms with Gasteiger partial charge in [-0.25, -0.2) is 4.98 Å². The number of ketones is 1. The van der Waals surface area contributed by atoms with E-state index < -0.39 is 0 Å². The number of benzene rings is 1. The van der Waals surface area contributed by atoms with Gasteiger partial charge in [-0.05, 0) is 25.1 Å². The first-order valence-electron chi connectivity index (χ1n) is 5.98. The number of hydrogen-bond donors (Lipinski definition) is 0. The summed E-state index contributed by atoms with van der Waals surface area (Å²) in [6.07, 6.45) is 3.86. The van der Waals surface area contributed by atoms with E-state index in [1.54, 1.807) is 29.5 Å². The molecule has 4 nitrogen and oxygen atoms in total. The summed E-state index contributed by atoms with van der Waals surface area (Å²) in [5.41, 5.74) is 1.31. The van der Waals surface area contributed by atoms with Crippen molar-refractivity contribution in [3.63, 3.8) is 0 Å². The Morgan fingerprint density at radius 1 is 1.50 bits per heavy atom. The number of hydrogen-bond acceptors (Lipinski definition) is 4. The summed E-state index contributed by atoms with van der Waals surface area (Å²) in [5.74, 6) is 0.451. The van der Waals surface area contributed by atoms with Gasteiger partial charge >= 0.3 is 0 Å². The van der Waals surface area contributed by atoms with Crippen LogP contribution in [0.3, 0.4) is 0 Å². The van der Waals surface area contributed by atoms with Crippen molar-refractivity contribution in [1.82, 2.24) is 9.38 Å². The Kier molecular flexibility index (Phi) is 3.46. The van der Waals surface area contributed by atoms with Crippen LogP contribution in [-0.4, -0.2) is 15.2 Å². The van der Waals surface area contributed by atoms with E-state index in [0.29, 0.717) is 22.9 Å². The molecule has 0 atom stereocenters. The van der Waals surface area contributed by atoms with Crippen molar-refractivity contribution >= 4 is 33.7 Å². The lowest BCUT2D eigenvalue weighted by Crippen LogP contribution is -2.01. The van der Waals surface area contributed by atoms with Gasteiger partial charge in [-0.15, -0.1) is 11.3 Å². The Balaban J connectivity index is 1.81. The van der Waals surface area contributed by atoms with Crippen LogP contribution in [0.5, 0.6) is 5.75 Å². The molecule has 102 valence electrons. The van der Waals surface area contributed by atoms with Crippen LogP contribution in [0, 0.1) is 0 Å². The molecule has 6 heteroatoms. The van der Waals surface area contributed by atoms with Crippen LogP contribution in [-0.2, 0) is 6.61 Å². The minimum Gasteiger partial charge on any atom is -0.486 e. The largest absolute Gasteiger partial charge is 0.486 e. The highest BCUT2D eigenvalue weighted by Crippen LogP contribution is 2.24. The van der Waals surface area contributed by atoms with Gasteiger partial charge in [-0.1, -0.05) is 11.6 Å². The third kappa shape index (κ3) is 2.55. The van der Waals surface area contributed by atoms with Crippen LogP contribution in [0.2, 0.25) is 5.02 Å². The first-order valence-corrected chi connectivity index (χ1v) is 7.23. The number of imidazole rings is 1. The van der Waals surface area contributed by atoms with Gasteiger partial charge in [0.1, 0.15) is 12.4 Å². The summed E-state index contributed by atoms with van der Waals surface area (Å²) in [6.45, 7) is 1.81. The molecule has 0 aliphatic rings. The minimum absolute atomic E-state index is 0.0756. The topological polar surface area (TPSA) is 43.6 Å². The quantitative estimate of drug-likeness (QED) is 0.688. The molecule has 0 saturated carbocycles. The van der Waals surface area contributed by atoms with E-state index in [9.17, 15) is 4.79 Å². The Bertz CT molecular complexity index is 750. The Hall–Kier alpha value is -1.85. The summed E-state index contributed by atoms with van der Waals surface area (Å²) in [5, 5.41) is 2.49. The molecular weight excluding hydrogens is 296 g/mol. The molecule has 2 heterocycles. The van der Waals surface area contributed by atoms with Gasteiger partial charge in [0.25, 0.3) is 0 Å². The van der Waals surface area contributed by atoms with Crippen molar-refractivity contribution in [2.75, 3.05) is 0 Å². The third-order valence-corrected chi connectivity index (χ3v) is 3.85. The standard InChI is InChI=1S/C14H11ClN2O2S/c1-9(18)12-6-10(15)2-3-13(12)19-8-11-7-17-4-5-20-14(17)16-11/h2-7H,8H2,1H3. The molecule has 3 aromatic rings. The number of carbonyl (C=O) groups excluding carboxylic acids is 1. The third-order valence-electron chi connectivity index (χ3n) is 2.84. The zero-order chi connectivity index (χ0) is 14.1. The van der Waals surface area contributed by atoms with Crippen molar-refractivity contribution < 1.29 is 9.53 Å². The van der Waals surface area contributed by atoms with Crippen molar-refractivity contribution in [3.8, 4) is 5.75 Å². The number of halogens is 1. The van der Waals surface area contributed by atoms with Gasteiger partial charge < -0.3 is 4.74 Å². The van der Waals surface area contributed by atoms with Crippen molar-refractivity contribution in [2.24, 2.45) is 0 Å². The number of aromatic nitrogens is 2. The van der Waals surface area contributed by atoms with Crippen LogP contribution in [0.4, 0.5) is 0 Å². The van der Waals surface area contributed by atoms with Crippen LogP contribution in [0.15, 0.2) is 36.0 Å². The summed E-state index contributed by atoms with van der Waals surface area (Å²) in [4.78, 5) is 16.9. The maximum atomic E-state index is 11.6. The summed E-state index contributed by atoms with van der Waals surface area (Å²) >= 11 is 7.46. The van der Waals surface area contributed by atoms with Crippen LogP contribution in [0.25, 0.3) is 4.96 Å². The van der Waals surface area contributed by atoms with E-state index in [1.807, 2.05) is 22.2 Å². The molecule has 0 unspecified atom stereocenters. The number of fused-ring (bicyclic) bond motifs is 1. The first kappa shape index (κ1) is 13.1. The molecule has 0 aliphatic carbocycles. The molecule has 0 N–H and O–H groups in total. The number of ether oxygens (including phenoxy) is 1. The highest BCUT2D eigenvalue weighted by Gasteiger charge is 2.10. The fourth-order valence-corrected chi connectivity index (χ4v) is 2.79. The second-order valence-electron chi connectivity index (χ2n) is 4.31. The minimum atomic E-state index is -0.0756. The second kappa shape index (κ2) is 5.26. The summed E-state index contributed by atoms with van der Waals surface area (Å²) in [6, 6.07) is 5.03. The van der Waals surface area contributed by atoms with Gasteiger partial charge in [0.2, 0.25) is 0 Å². The average molecular weight is 307 g/mol. The second-order valence-corrected chi connectivity index (χ2v) is 5.62. The van der Waals surface area contributed by atoms with E-state index in [2.05, 4.69) is 4.98 Å². The van der Waals surface area contributed by atoms with Crippen molar-refractivity contribution in [2.45, 2.75) is 13.5 Å². The molecule has 2 aromatic heterocycles. The van der Waals surface area contributed by atoms with E-state index in [1.165, 1.54) is 6.92 Å². The average Bonchev–Trinajstić information content (AvgIpc) is 2.97. The highest BCUT2D eigenvalue weighted by molar-refractivity contribution is 7.15.